The average Bonchev–Trinajstić information content (AvgIpc) is 2.84. The fraction of sp³-hybridized carbons (Fsp3) is 0.280. The summed E-state index contributed by atoms with van der Waals surface area (Å²) < 4.78 is 87.0. The maximum absolute atomic E-state index is 13.8. The maximum Gasteiger partial charge on any atom is 0.243 e. The van der Waals surface area contributed by atoms with E-state index in [2.05, 4.69) is 0 Å². The van der Waals surface area contributed by atoms with E-state index < -0.39 is 44.3 Å². The van der Waals surface area contributed by atoms with Crippen LogP contribution in [0.25, 0.3) is 0 Å². The van der Waals surface area contributed by atoms with Crippen LogP contribution in [0, 0.1) is 23.3 Å². The highest BCUT2D eigenvalue weighted by Crippen LogP contribution is 2.27. The van der Waals surface area contributed by atoms with Gasteiger partial charge in [-0.15, -0.1) is 0 Å². The first kappa shape index (κ1) is 25.3. The molecular weight excluding hydrogens is 484 g/mol. The molecule has 3 aromatic carbocycles. The summed E-state index contributed by atoms with van der Waals surface area (Å²) in [6.07, 6.45) is -0.601. The monoisotopic (exact) mass is 508 g/mol. The lowest BCUT2D eigenvalue weighted by atomic mass is 10.0. The van der Waals surface area contributed by atoms with Gasteiger partial charge in [0.25, 0.3) is 0 Å². The van der Waals surface area contributed by atoms with Crippen LogP contribution in [0.2, 0.25) is 0 Å². The van der Waals surface area contributed by atoms with E-state index in [9.17, 15) is 26.0 Å². The Balaban J connectivity index is 1.36. The Labute approximate surface area is 201 Å². The molecule has 1 saturated heterocycles. The zero-order chi connectivity index (χ0) is 25.0. The molecule has 1 heterocycles. The summed E-state index contributed by atoms with van der Waals surface area (Å²) >= 11 is 0. The van der Waals surface area contributed by atoms with Crippen molar-refractivity contribution in [2.24, 2.45) is 0 Å². The summed E-state index contributed by atoms with van der Waals surface area (Å²) in [4.78, 5) is 1.59. The molecular formula is C25H24F4N2O3S. The Morgan fingerprint density at radius 1 is 0.771 bits per heavy atom. The Kier molecular flexibility index (Phi) is 7.85. The van der Waals surface area contributed by atoms with Gasteiger partial charge in [-0.2, -0.15) is 4.31 Å². The molecule has 186 valence electrons. The second kappa shape index (κ2) is 10.9. The van der Waals surface area contributed by atoms with Gasteiger partial charge in [-0.25, -0.2) is 26.0 Å². The number of hydrogen-bond donors (Lipinski definition) is 0. The largest absolute Gasteiger partial charge is 0.367 e. The number of benzene rings is 3. The van der Waals surface area contributed by atoms with Crippen LogP contribution in [-0.4, -0.2) is 57.0 Å². The topological polar surface area (TPSA) is 49.9 Å². The average molecular weight is 509 g/mol. The summed E-state index contributed by atoms with van der Waals surface area (Å²) in [5, 5.41) is 0. The van der Waals surface area contributed by atoms with Gasteiger partial charge in [-0.05, 0) is 35.4 Å². The van der Waals surface area contributed by atoms with Crippen molar-refractivity contribution < 1.29 is 30.7 Å². The van der Waals surface area contributed by atoms with Crippen molar-refractivity contribution >= 4 is 10.0 Å². The third kappa shape index (κ3) is 6.07. The van der Waals surface area contributed by atoms with Crippen LogP contribution in [-0.2, 0) is 14.8 Å². The molecule has 1 fully saturated rings. The highest BCUT2D eigenvalue weighted by Gasteiger charge is 2.29. The predicted molar refractivity (Wildman–Crippen MR) is 122 cm³/mol. The highest BCUT2D eigenvalue weighted by molar-refractivity contribution is 7.89. The van der Waals surface area contributed by atoms with Crippen LogP contribution < -0.4 is 0 Å². The van der Waals surface area contributed by atoms with E-state index in [0.29, 0.717) is 31.3 Å². The summed E-state index contributed by atoms with van der Waals surface area (Å²) in [5.41, 5.74) is 1.27. The number of sulfonamides is 1. The molecule has 4 rings (SSSR count). The van der Waals surface area contributed by atoms with Crippen molar-refractivity contribution in [1.82, 2.24) is 9.21 Å². The molecule has 0 aromatic heterocycles. The van der Waals surface area contributed by atoms with Crippen LogP contribution in [0.3, 0.4) is 0 Å². The molecule has 10 heteroatoms. The second-order valence-corrected chi connectivity index (χ2v) is 10.1. The van der Waals surface area contributed by atoms with Crippen LogP contribution in [0.15, 0.2) is 71.6 Å². The molecule has 3 aromatic rings. The first-order chi connectivity index (χ1) is 16.7. The van der Waals surface area contributed by atoms with Crippen LogP contribution in [0.1, 0.15) is 17.2 Å². The predicted octanol–water partition coefficient (Wildman–Crippen LogP) is 4.36. The number of halogens is 4. The molecule has 1 atom stereocenters. The third-order valence-electron chi connectivity index (χ3n) is 5.85. The fourth-order valence-electron chi connectivity index (χ4n) is 4.01. The molecule has 1 aliphatic heterocycles. The first-order valence-corrected chi connectivity index (χ1v) is 12.5. The minimum Gasteiger partial charge on any atom is -0.367 e. The summed E-state index contributed by atoms with van der Waals surface area (Å²) in [5.74, 6) is -3.79. The molecule has 0 saturated carbocycles. The Morgan fingerprint density at radius 3 is 2.06 bits per heavy atom. The van der Waals surface area contributed by atoms with E-state index in [-0.39, 0.29) is 19.7 Å². The molecule has 0 bridgehead atoms. The molecule has 5 nitrogen and oxygen atoms in total. The van der Waals surface area contributed by atoms with Crippen molar-refractivity contribution in [2.45, 2.75) is 11.0 Å². The number of hydrogen-bond acceptors (Lipinski definition) is 4. The van der Waals surface area contributed by atoms with Gasteiger partial charge < -0.3 is 4.74 Å². The van der Waals surface area contributed by atoms with E-state index >= 15 is 0 Å². The first-order valence-electron chi connectivity index (χ1n) is 11.0. The standard InChI is InChI=1S/C25H24F4N2O3S/c26-20-15-21(27)17-22(16-20)35(32,33)31-10-8-30(9-11-31)12-13-34-25(18-4-2-1-3-5-18)19-6-7-23(28)24(29)14-19/h1-7,14-17,25H,8-13H2/t25-/m1/s1. The fourth-order valence-corrected chi connectivity index (χ4v) is 5.47. The normalized spacial score (nSPS) is 16.3. The van der Waals surface area contributed by atoms with Crippen molar-refractivity contribution in [2.75, 3.05) is 39.3 Å². The zero-order valence-electron chi connectivity index (χ0n) is 18.7. The Bertz CT molecular complexity index is 1250. The minimum absolute atomic E-state index is 0.158. The van der Waals surface area contributed by atoms with Crippen molar-refractivity contribution in [3.05, 3.63) is 101 Å². The lowest BCUT2D eigenvalue weighted by Crippen LogP contribution is -2.49. The lowest BCUT2D eigenvalue weighted by molar-refractivity contribution is 0.0525. The van der Waals surface area contributed by atoms with Crippen LogP contribution in [0.5, 0.6) is 0 Å². The molecule has 0 radical (unpaired) electrons. The zero-order valence-corrected chi connectivity index (χ0v) is 19.5. The lowest BCUT2D eigenvalue weighted by Gasteiger charge is -2.34. The highest BCUT2D eigenvalue weighted by atomic mass is 32.2. The number of ether oxygens (including phenoxy) is 1. The van der Waals surface area contributed by atoms with E-state index in [4.69, 9.17) is 4.74 Å². The molecule has 0 aliphatic carbocycles. The van der Waals surface area contributed by atoms with Gasteiger partial charge in [0.05, 0.1) is 11.5 Å². The number of nitrogens with zero attached hydrogens (tertiary/aromatic N) is 2. The van der Waals surface area contributed by atoms with Gasteiger partial charge >= 0.3 is 0 Å². The SMILES string of the molecule is O=S(=O)(c1cc(F)cc(F)c1)N1CCN(CCO[C@H](c2ccccc2)c2ccc(F)c(F)c2)CC1. The number of rotatable bonds is 8. The maximum atomic E-state index is 13.8. The van der Waals surface area contributed by atoms with Crippen LogP contribution in [0.4, 0.5) is 17.6 Å². The van der Waals surface area contributed by atoms with Gasteiger partial charge in [0, 0.05) is 38.8 Å². The molecule has 35 heavy (non-hydrogen) atoms. The molecule has 0 amide bonds. The molecule has 0 N–H and O–H groups in total. The van der Waals surface area contributed by atoms with Gasteiger partial charge in [-0.1, -0.05) is 36.4 Å². The molecule has 0 spiro atoms. The Hall–Kier alpha value is -2.79. The van der Waals surface area contributed by atoms with Gasteiger partial charge in [0.2, 0.25) is 10.0 Å². The van der Waals surface area contributed by atoms with Crippen LogP contribution >= 0.6 is 0 Å². The van der Waals surface area contributed by atoms with Gasteiger partial charge in [-0.3, -0.25) is 4.90 Å². The molecule has 0 unspecified atom stereocenters. The van der Waals surface area contributed by atoms with Gasteiger partial charge in [0.1, 0.15) is 17.7 Å². The summed E-state index contributed by atoms with van der Waals surface area (Å²) in [7, 11) is -4.01. The van der Waals surface area contributed by atoms with E-state index in [1.165, 1.54) is 10.4 Å². The van der Waals surface area contributed by atoms with E-state index in [1.807, 2.05) is 35.2 Å². The summed E-state index contributed by atoms with van der Waals surface area (Å²) in [6.45, 7) is 1.87. The van der Waals surface area contributed by atoms with Crippen molar-refractivity contribution in [3.63, 3.8) is 0 Å². The number of piperazine rings is 1. The van der Waals surface area contributed by atoms with Crippen molar-refractivity contribution in [1.29, 1.82) is 0 Å². The van der Waals surface area contributed by atoms with Gasteiger partial charge in [0.15, 0.2) is 11.6 Å². The quantitative estimate of drug-likeness (QED) is 0.425. The second-order valence-electron chi connectivity index (χ2n) is 8.19. The van der Waals surface area contributed by atoms with E-state index in [0.717, 1.165) is 29.8 Å². The molecule has 1 aliphatic rings. The van der Waals surface area contributed by atoms with E-state index in [1.54, 1.807) is 0 Å². The summed E-state index contributed by atoms with van der Waals surface area (Å²) in [6, 6.07) is 15.1. The third-order valence-corrected chi connectivity index (χ3v) is 7.72. The Morgan fingerprint density at radius 2 is 1.43 bits per heavy atom. The smallest absolute Gasteiger partial charge is 0.243 e. The minimum atomic E-state index is -4.01. The van der Waals surface area contributed by atoms with Crippen molar-refractivity contribution in [3.8, 4) is 0 Å².